The van der Waals surface area contributed by atoms with Gasteiger partial charge < -0.3 is 5.32 Å². The Morgan fingerprint density at radius 1 is 1.26 bits per heavy atom. The van der Waals surface area contributed by atoms with Crippen molar-refractivity contribution in [2.24, 2.45) is 11.8 Å². The third-order valence-electron chi connectivity index (χ3n) is 3.49. The molecule has 1 N–H and O–H groups in total. The average Bonchev–Trinajstić information content (AvgIpc) is 2.34. The highest BCUT2D eigenvalue weighted by Gasteiger charge is 2.36. The second-order valence-electron chi connectivity index (χ2n) is 5.10. The number of nitrogens with one attached hydrogen (secondary N) is 1. The summed E-state index contributed by atoms with van der Waals surface area (Å²) >= 11 is 0. The molecule has 0 radical (unpaired) electrons. The van der Waals surface area contributed by atoms with Crippen LogP contribution in [0.4, 0.5) is 13.2 Å². The van der Waals surface area contributed by atoms with Crippen LogP contribution >= 0.6 is 0 Å². The summed E-state index contributed by atoms with van der Waals surface area (Å²) in [6.45, 7) is 8.50. The number of rotatable bonds is 5. The van der Waals surface area contributed by atoms with Crippen molar-refractivity contribution < 1.29 is 13.2 Å². The molecule has 0 aromatic carbocycles. The van der Waals surface area contributed by atoms with Crippen LogP contribution in [0.2, 0.25) is 0 Å². The minimum atomic E-state index is -4.34. The lowest BCUT2D eigenvalue weighted by molar-refractivity contribution is -0.138. The molecule has 1 aromatic rings. The van der Waals surface area contributed by atoms with Crippen LogP contribution in [-0.4, -0.2) is 11.5 Å². The van der Waals surface area contributed by atoms with E-state index in [1.165, 1.54) is 12.4 Å². The zero-order valence-electron chi connectivity index (χ0n) is 11.8. The van der Waals surface area contributed by atoms with Crippen molar-refractivity contribution >= 4 is 0 Å². The lowest BCUT2D eigenvalue weighted by Gasteiger charge is -2.29. The molecule has 0 aliphatic rings. The van der Waals surface area contributed by atoms with Crippen LogP contribution in [0.15, 0.2) is 18.5 Å². The van der Waals surface area contributed by atoms with Gasteiger partial charge in [-0.25, -0.2) is 0 Å². The van der Waals surface area contributed by atoms with Crippen LogP contribution < -0.4 is 5.32 Å². The fourth-order valence-corrected chi connectivity index (χ4v) is 2.10. The number of alkyl halides is 3. The molecule has 0 amide bonds. The minimum Gasteiger partial charge on any atom is -0.310 e. The summed E-state index contributed by atoms with van der Waals surface area (Å²) in [5.41, 5.74) is -0.362. The standard InChI is InChI=1S/C14H21F3N2/c1-5-19-13(10(4)9(2)3)11-8-18-7-6-12(11)14(15,16)17/h6-10,13,19H,5H2,1-4H3. The third-order valence-corrected chi connectivity index (χ3v) is 3.49. The van der Waals surface area contributed by atoms with Crippen LogP contribution in [0.25, 0.3) is 0 Å². The lowest BCUT2D eigenvalue weighted by Crippen LogP contribution is -2.31. The Hall–Kier alpha value is -1.10. The van der Waals surface area contributed by atoms with Crippen LogP contribution in [0.1, 0.15) is 44.9 Å². The third kappa shape index (κ3) is 3.93. The zero-order valence-corrected chi connectivity index (χ0v) is 11.8. The number of halogens is 3. The van der Waals surface area contributed by atoms with E-state index in [2.05, 4.69) is 10.3 Å². The Balaban J connectivity index is 3.23. The normalized spacial score (nSPS) is 15.6. The van der Waals surface area contributed by atoms with Gasteiger partial charge in [0.25, 0.3) is 0 Å². The molecule has 0 spiro atoms. The molecule has 0 aliphatic heterocycles. The van der Waals surface area contributed by atoms with E-state index in [-0.39, 0.29) is 23.4 Å². The number of hydrogen-bond acceptors (Lipinski definition) is 2. The van der Waals surface area contributed by atoms with Gasteiger partial charge in [0, 0.05) is 18.4 Å². The number of nitrogens with zero attached hydrogens (tertiary/aromatic N) is 1. The predicted octanol–water partition coefficient (Wildman–Crippen LogP) is 4.04. The highest BCUT2D eigenvalue weighted by molar-refractivity contribution is 5.29. The first-order chi connectivity index (χ1) is 8.79. The number of pyridine rings is 1. The molecule has 1 aromatic heterocycles. The van der Waals surface area contributed by atoms with E-state index in [0.29, 0.717) is 6.54 Å². The van der Waals surface area contributed by atoms with E-state index in [4.69, 9.17) is 0 Å². The van der Waals surface area contributed by atoms with Gasteiger partial charge in [-0.1, -0.05) is 27.7 Å². The molecule has 2 nitrogen and oxygen atoms in total. The first-order valence-corrected chi connectivity index (χ1v) is 6.53. The summed E-state index contributed by atoms with van der Waals surface area (Å²) in [6, 6.07) is 0.711. The molecule has 2 atom stereocenters. The van der Waals surface area contributed by atoms with Gasteiger partial charge in [-0.3, -0.25) is 4.98 Å². The van der Waals surface area contributed by atoms with Crippen molar-refractivity contribution in [1.29, 1.82) is 0 Å². The van der Waals surface area contributed by atoms with E-state index in [1.807, 2.05) is 27.7 Å². The average molecular weight is 274 g/mol. The van der Waals surface area contributed by atoms with Crippen LogP contribution in [0, 0.1) is 11.8 Å². The van der Waals surface area contributed by atoms with Crippen molar-refractivity contribution in [3.05, 3.63) is 29.6 Å². The Bertz CT molecular complexity index is 402. The number of aromatic nitrogens is 1. The maximum Gasteiger partial charge on any atom is 0.416 e. The van der Waals surface area contributed by atoms with Crippen molar-refractivity contribution in [2.45, 2.75) is 39.9 Å². The number of hydrogen-bond donors (Lipinski definition) is 1. The van der Waals surface area contributed by atoms with Gasteiger partial charge in [-0.05, 0) is 30.0 Å². The second-order valence-corrected chi connectivity index (χ2v) is 5.10. The fraction of sp³-hybridized carbons (Fsp3) is 0.643. The van der Waals surface area contributed by atoms with Gasteiger partial charge in [-0.15, -0.1) is 0 Å². The SMILES string of the molecule is CCNC(c1cnccc1C(F)(F)F)C(C)C(C)C. The quantitative estimate of drug-likeness (QED) is 0.876. The monoisotopic (exact) mass is 274 g/mol. The van der Waals surface area contributed by atoms with Gasteiger partial charge in [-0.2, -0.15) is 13.2 Å². The Kier molecular flexibility index (Phi) is 5.35. The highest BCUT2D eigenvalue weighted by atomic mass is 19.4. The Morgan fingerprint density at radius 3 is 2.37 bits per heavy atom. The maximum atomic E-state index is 13.1. The molecular formula is C14H21F3N2. The molecule has 2 unspecified atom stereocenters. The van der Waals surface area contributed by atoms with Crippen molar-refractivity contribution in [1.82, 2.24) is 10.3 Å². The largest absolute Gasteiger partial charge is 0.416 e. The Labute approximate surface area is 112 Å². The summed E-state index contributed by atoms with van der Waals surface area (Å²) < 4.78 is 39.2. The molecule has 0 saturated carbocycles. The summed E-state index contributed by atoms with van der Waals surface area (Å²) in [7, 11) is 0. The smallest absolute Gasteiger partial charge is 0.310 e. The minimum absolute atomic E-state index is 0.0882. The van der Waals surface area contributed by atoms with E-state index in [9.17, 15) is 13.2 Å². The molecule has 108 valence electrons. The van der Waals surface area contributed by atoms with E-state index in [0.717, 1.165) is 6.07 Å². The van der Waals surface area contributed by atoms with Crippen LogP contribution in [0.5, 0.6) is 0 Å². The summed E-state index contributed by atoms with van der Waals surface area (Å²) in [4.78, 5) is 3.86. The molecule has 0 bridgehead atoms. The van der Waals surface area contributed by atoms with Gasteiger partial charge in [0.15, 0.2) is 0 Å². The topological polar surface area (TPSA) is 24.9 Å². The molecule has 0 fully saturated rings. The van der Waals surface area contributed by atoms with Crippen molar-refractivity contribution in [3.8, 4) is 0 Å². The van der Waals surface area contributed by atoms with Gasteiger partial charge in [0.1, 0.15) is 0 Å². The van der Waals surface area contributed by atoms with Gasteiger partial charge in [0.05, 0.1) is 5.56 Å². The van der Waals surface area contributed by atoms with Crippen LogP contribution in [-0.2, 0) is 6.18 Å². The lowest BCUT2D eigenvalue weighted by atomic mass is 9.85. The molecule has 0 aliphatic carbocycles. The van der Waals surface area contributed by atoms with Crippen molar-refractivity contribution in [2.75, 3.05) is 6.54 Å². The van der Waals surface area contributed by atoms with E-state index >= 15 is 0 Å². The first kappa shape index (κ1) is 16.0. The highest BCUT2D eigenvalue weighted by Crippen LogP contribution is 2.37. The molecule has 0 saturated heterocycles. The van der Waals surface area contributed by atoms with E-state index in [1.54, 1.807) is 0 Å². The van der Waals surface area contributed by atoms with Gasteiger partial charge in [0.2, 0.25) is 0 Å². The molecule has 1 rings (SSSR count). The molecule has 1 heterocycles. The fourth-order valence-electron chi connectivity index (χ4n) is 2.10. The van der Waals surface area contributed by atoms with Crippen LogP contribution in [0.3, 0.4) is 0 Å². The first-order valence-electron chi connectivity index (χ1n) is 6.53. The summed E-state index contributed by atoms with van der Waals surface area (Å²) in [5.74, 6) is 0.371. The van der Waals surface area contributed by atoms with Gasteiger partial charge >= 0.3 is 6.18 Å². The van der Waals surface area contributed by atoms with E-state index < -0.39 is 11.7 Å². The summed E-state index contributed by atoms with van der Waals surface area (Å²) in [6.07, 6.45) is -1.83. The van der Waals surface area contributed by atoms with Crippen molar-refractivity contribution in [3.63, 3.8) is 0 Å². The zero-order chi connectivity index (χ0) is 14.6. The maximum absolute atomic E-state index is 13.1. The molecule has 5 heteroatoms. The second kappa shape index (κ2) is 6.37. The molecule has 19 heavy (non-hydrogen) atoms. The predicted molar refractivity (Wildman–Crippen MR) is 69.7 cm³/mol. The Morgan fingerprint density at radius 2 is 1.89 bits per heavy atom. The summed E-state index contributed by atoms with van der Waals surface area (Å²) in [5, 5.41) is 3.15. The molecular weight excluding hydrogens is 253 g/mol.